The van der Waals surface area contributed by atoms with Crippen molar-refractivity contribution in [1.29, 1.82) is 5.53 Å². The predicted molar refractivity (Wildman–Crippen MR) is 116 cm³/mol. The average molecular weight is 441 g/mol. The van der Waals surface area contributed by atoms with Crippen LogP contribution in [0, 0.1) is 10.9 Å². The summed E-state index contributed by atoms with van der Waals surface area (Å²) >= 11 is 0. The lowest BCUT2D eigenvalue weighted by atomic mass is 9.87. The van der Waals surface area contributed by atoms with Gasteiger partial charge in [0, 0.05) is 6.42 Å². The van der Waals surface area contributed by atoms with Crippen molar-refractivity contribution in [2.75, 3.05) is 20.6 Å². The molecule has 3 N–H and O–H groups in total. The summed E-state index contributed by atoms with van der Waals surface area (Å²) in [6.45, 7) is 11.0. The Kier molecular flexibility index (Phi) is 11.3. The van der Waals surface area contributed by atoms with Crippen LogP contribution >= 0.6 is 0 Å². The molecule has 0 unspecified atom stereocenters. The van der Waals surface area contributed by atoms with E-state index >= 15 is 0 Å². The van der Waals surface area contributed by atoms with Crippen molar-refractivity contribution in [3.63, 3.8) is 0 Å². The van der Waals surface area contributed by atoms with E-state index in [0.29, 0.717) is 6.42 Å². The molecule has 0 spiro atoms. The van der Waals surface area contributed by atoms with Gasteiger partial charge in [-0.2, -0.15) is 0 Å². The minimum Gasteiger partial charge on any atom is -0.458 e. The number of ether oxygens (including phenoxy) is 1. The van der Waals surface area contributed by atoms with Crippen LogP contribution in [0.15, 0.2) is 0 Å². The molecule has 0 saturated heterocycles. The molecule has 10 heteroatoms. The second kappa shape index (κ2) is 12.3. The van der Waals surface area contributed by atoms with Crippen molar-refractivity contribution in [3.05, 3.63) is 0 Å². The topological polar surface area (TPSA) is 143 Å². The smallest absolute Gasteiger partial charge is 0.372 e. The number of amides is 2. The molecule has 0 aliphatic rings. The number of nitrogens with zero attached hydrogens (tertiary/aromatic N) is 2. The average Bonchev–Trinajstić information content (AvgIpc) is 2.54. The van der Waals surface area contributed by atoms with Gasteiger partial charge in [0.05, 0.1) is 16.9 Å². The van der Waals surface area contributed by atoms with Gasteiger partial charge < -0.3 is 20.3 Å². The Bertz CT molecular complexity index is 700. The first kappa shape index (κ1) is 28.4. The lowest BCUT2D eigenvalue weighted by molar-refractivity contribution is -0.159. The Morgan fingerprint density at radius 3 is 2.06 bits per heavy atom. The number of hydrogen-bond acceptors (Lipinski definition) is 7. The van der Waals surface area contributed by atoms with E-state index in [1.165, 1.54) is 0 Å². The molecule has 0 aromatic carbocycles. The summed E-state index contributed by atoms with van der Waals surface area (Å²) in [6.07, 6.45) is 1.09. The van der Waals surface area contributed by atoms with Crippen LogP contribution in [-0.4, -0.2) is 77.8 Å². The van der Waals surface area contributed by atoms with Gasteiger partial charge in [0.25, 0.3) is 0 Å². The Morgan fingerprint density at radius 2 is 1.61 bits per heavy atom. The van der Waals surface area contributed by atoms with Gasteiger partial charge in [-0.15, -0.1) is 0 Å². The molecule has 0 aliphatic carbocycles. The van der Waals surface area contributed by atoms with Gasteiger partial charge >= 0.3 is 12.2 Å². The van der Waals surface area contributed by atoms with Crippen molar-refractivity contribution in [1.82, 2.24) is 15.5 Å². The molecule has 0 aliphatic heterocycles. The van der Waals surface area contributed by atoms with Gasteiger partial charge in [0.1, 0.15) is 17.7 Å². The Morgan fingerprint density at radius 1 is 1.03 bits per heavy atom. The third kappa shape index (κ3) is 14.1. The van der Waals surface area contributed by atoms with E-state index in [-0.39, 0.29) is 30.7 Å². The zero-order valence-electron chi connectivity index (χ0n) is 20.0. The van der Waals surface area contributed by atoms with Gasteiger partial charge in [-0.3, -0.25) is 14.4 Å². The molecule has 0 bridgehead atoms. The second-order valence-electron chi connectivity index (χ2n) is 9.98. The molecule has 0 rings (SSSR count). The van der Waals surface area contributed by atoms with Crippen LogP contribution < -0.4 is 10.6 Å². The minimum absolute atomic E-state index is 0.0145. The lowest BCUT2D eigenvalue weighted by Gasteiger charge is -2.29. The summed E-state index contributed by atoms with van der Waals surface area (Å²) in [5.41, 5.74) is 5.68. The highest BCUT2D eigenvalue weighted by atomic mass is 16.6. The molecular weight excluding hydrogens is 402 g/mol. The van der Waals surface area contributed by atoms with Crippen LogP contribution in [0.3, 0.4) is 0 Å². The van der Waals surface area contributed by atoms with E-state index in [9.17, 15) is 19.2 Å². The van der Waals surface area contributed by atoms with Crippen LogP contribution in [-0.2, 0) is 23.9 Å². The summed E-state index contributed by atoms with van der Waals surface area (Å²) in [7, 11) is 3.49. The van der Waals surface area contributed by atoms with E-state index in [1.54, 1.807) is 39.8 Å². The highest BCUT2D eigenvalue weighted by Gasteiger charge is 2.32. The Labute approximate surface area is 184 Å². The van der Waals surface area contributed by atoms with E-state index in [0.717, 1.165) is 6.21 Å². The fourth-order valence-corrected chi connectivity index (χ4v) is 2.67. The second-order valence-corrected chi connectivity index (χ2v) is 9.98. The first-order valence-electron chi connectivity index (χ1n) is 10.2. The molecule has 0 fully saturated rings. The molecule has 2 amide bonds. The maximum atomic E-state index is 13.0. The van der Waals surface area contributed by atoms with Gasteiger partial charge in [-0.25, -0.2) is 4.79 Å². The number of carbonyl (C=O) groups is 4. The monoisotopic (exact) mass is 440 g/mol. The first-order valence-corrected chi connectivity index (χ1v) is 10.2. The number of rotatable bonds is 11. The molecule has 0 heterocycles. The molecule has 0 aromatic heterocycles. The molecule has 0 radical (unpaired) electrons. The van der Waals surface area contributed by atoms with Crippen molar-refractivity contribution in [2.45, 2.75) is 78.5 Å². The maximum absolute atomic E-state index is 13.0. The van der Waals surface area contributed by atoms with Gasteiger partial charge in [-0.05, 0) is 53.1 Å². The van der Waals surface area contributed by atoms with Gasteiger partial charge in [0.15, 0.2) is 0 Å². The van der Waals surface area contributed by atoms with Crippen LogP contribution in [0.5, 0.6) is 0 Å². The van der Waals surface area contributed by atoms with E-state index in [2.05, 4.69) is 15.4 Å². The van der Waals surface area contributed by atoms with E-state index < -0.39 is 35.3 Å². The van der Waals surface area contributed by atoms with Crippen LogP contribution in [0.2, 0.25) is 0 Å². The number of likely N-dealkylation sites (N-methyl/N-ethyl adjacent to an activating group) is 1. The highest BCUT2D eigenvalue weighted by molar-refractivity contribution is 6.25. The zero-order chi connectivity index (χ0) is 24.4. The van der Waals surface area contributed by atoms with E-state index in [4.69, 9.17) is 10.3 Å². The number of carbonyl (C=O) groups excluding carboxylic acids is 4. The van der Waals surface area contributed by atoms with Crippen molar-refractivity contribution < 1.29 is 28.7 Å². The summed E-state index contributed by atoms with van der Waals surface area (Å²) < 4.78 is 5.38. The van der Waals surface area contributed by atoms with Crippen LogP contribution in [0.4, 0.5) is 0 Å². The van der Waals surface area contributed by atoms with Crippen molar-refractivity contribution >= 4 is 29.8 Å². The van der Waals surface area contributed by atoms with Crippen LogP contribution in [0.25, 0.3) is 0 Å². The molecular formula is C21H38N5O5+. The SMILES string of the molecule is CN(C)CC(=O)N[C@@H](CC(C)(C)C)C(=O)N[C@@H](CCC(=O)C=[N+]=N)C(=O)OC(C)(C)C. The lowest BCUT2D eigenvalue weighted by Crippen LogP contribution is -2.54. The van der Waals surface area contributed by atoms with Crippen molar-refractivity contribution in [2.24, 2.45) is 5.41 Å². The Hall–Kier alpha value is -2.58. The molecule has 10 nitrogen and oxygen atoms in total. The molecule has 31 heavy (non-hydrogen) atoms. The Balaban J connectivity index is 5.54. The normalized spacial score (nSPS) is 13.6. The fourth-order valence-electron chi connectivity index (χ4n) is 2.67. The number of hydrogen-bond donors (Lipinski definition) is 3. The summed E-state index contributed by atoms with van der Waals surface area (Å²) in [4.78, 5) is 54.2. The third-order valence-corrected chi connectivity index (χ3v) is 3.82. The molecule has 0 aromatic rings. The maximum Gasteiger partial charge on any atom is 0.372 e. The minimum atomic E-state index is -1.08. The number of Topliss-reactive ketones (excluding diaryl/α,β-unsaturated/α-hetero) is 1. The molecule has 2 atom stereocenters. The predicted octanol–water partition coefficient (Wildman–Crippen LogP) is 0.955. The van der Waals surface area contributed by atoms with E-state index in [1.807, 2.05) is 20.8 Å². The van der Waals surface area contributed by atoms with Crippen molar-refractivity contribution in [3.8, 4) is 0 Å². The van der Waals surface area contributed by atoms with Gasteiger partial charge in [-0.1, -0.05) is 20.8 Å². The van der Waals surface area contributed by atoms with Gasteiger partial charge in [0.2, 0.25) is 17.6 Å². The molecule has 176 valence electrons. The molecule has 0 saturated carbocycles. The summed E-state index contributed by atoms with van der Waals surface area (Å²) in [5.74, 6) is -1.96. The quantitative estimate of drug-likeness (QED) is 0.189. The number of ketones is 1. The zero-order valence-corrected chi connectivity index (χ0v) is 20.0. The number of esters is 1. The largest absolute Gasteiger partial charge is 0.458 e. The summed E-state index contributed by atoms with van der Waals surface area (Å²) in [6, 6.07) is -1.94. The fraction of sp³-hybridized carbons (Fsp3) is 0.762. The third-order valence-electron chi connectivity index (χ3n) is 3.82. The van der Waals surface area contributed by atoms with Crippen LogP contribution in [0.1, 0.15) is 60.8 Å². The number of nitrogens with one attached hydrogen (secondary N) is 3. The summed E-state index contributed by atoms with van der Waals surface area (Å²) in [5, 5.41) is 5.36. The highest BCUT2D eigenvalue weighted by Crippen LogP contribution is 2.21. The standard InChI is InChI=1S/C21H37N5O5/c1-20(2,3)11-16(24-17(28)13-26(7)8)18(29)25-15(10-9-14(27)12-23-22)19(30)31-21(4,5)6/h12,15-16,22H,9-11,13H2,1-8H3,(H-,24,25,28,29)/p+1/t15-,16-/m0/s1. The first-order chi connectivity index (χ1) is 14.0.